The highest BCUT2D eigenvalue weighted by molar-refractivity contribution is 7.80. The fraction of sp³-hybridized carbons (Fsp3) is 0.417. The summed E-state index contributed by atoms with van der Waals surface area (Å²) in [6, 6.07) is 1.82. The third kappa shape index (κ3) is 4.11. The van der Waals surface area contributed by atoms with Crippen LogP contribution in [0.15, 0.2) is 18.5 Å². The molecule has 17 heavy (non-hydrogen) atoms. The molecule has 1 amide bonds. The molecule has 0 saturated heterocycles. The second-order valence-electron chi connectivity index (χ2n) is 3.94. The highest BCUT2D eigenvalue weighted by Crippen LogP contribution is 2.06. The van der Waals surface area contributed by atoms with Crippen LogP contribution >= 0.6 is 12.2 Å². The van der Waals surface area contributed by atoms with Crippen molar-refractivity contribution in [2.75, 3.05) is 13.1 Å². The first-order chi connectivity index (χ1) is 8.04. The first-order valence-corrected chi connectivity index (χ1v) is 5.94. The van der Waals surface area contributed by atoms with E-state index >= 15 is 0 Å². The Balaban J connectivity index is 2.87. The number of nitrogens with two attached hydrogens (primary N) is 1. The molecule has 0 aliphatic heterocycles. The van der Waals surface area contributed by atoms with Gasteiger partial charge in [0, 0.05) is 18.9 Å². The molecule has 0 bridgehead atoms. The van der Waals surface area contributed by atoms with Crippen LogP contribution in [0.1, 0.15) is 29.3 Å². The Morgan fingerprint density at radius 2 is 2.24 bits per heavy atom. The average molecular weight is 251 g/mol. The van der Waals surface area contributed by atoms with Crippen molar-refractivity contribution < 1.29 is 4.79 Å². The second-order valence-corrected chi connectivity index (χ2v) is 4.47. The van der Waals surface area contributed by atoms with Crippen molar-refractivity contribution in [3.05, 3.63) is 29.6 Å². The van der Waals surface area contributed by atoms with Crippen molar-refractivity contribution in [2.45, 2.75) is 20.3 Å². The first kappa shape index (κ1) is 13.6. The van der Waals surface area contributed by atoms with Gasteiger partial charge >= 0.3 is 0 Å². The number of carbonyl (C=O) groups is 1. The molecule has 0 aliphatic rings. The van der Waals surface area contributed by atoms with Gasteiger partial charge in [-0.05, 0) is 25.0 Å². The average Bonchev–Trinajstić information content (AvgIpc) is 2.27. The highest BCUT2D eigenvalue weighted by Gasteiger charge is 2.15. The molecule has 0 atom stereocenters. The molecule has 0 unspecified atom stereocenters. The number of thiocarbonyl (C=S) groups is 1. The van der Waals surface area contributed by atoms with Crippen LogP contribution in [0.3, 0.4) is 0 Å². The summed E-state index contributed by atoms with van der Waals surface area (Å²) in [6.07, 6.45) is 4.15. The number of rotatable bonds is 5. The summed E-state index contributed by atoms with van der Waals surface area (Å²) in [5.74, 6) is -0.0733. The number of aromatic nitrogens is 1. The number of aryl methyl sites for hydroxylation is 1. The summed E-state index contributed by atoms with van der Waals surface area (Å²) in [7, 11) is 0. The molecule has 5 heteroatoms. The van der Waals surface area contributed by atoms with E-state index in [-0.39, 0.29) is 5.91 Å². The van der Waals surface area contributed by atoms with Crippen LogP contribution < -0.4 is 5.73 Å². The summed E-state index contributed by atoms with van der Waals surface area (Å²) in [6.45, 7) is 4.87. The zero-order valence-corrected chi connectivity index (χ0v) is 11.0. The molecule has 92 valence electrons. The molecule has 1 aromatic rings. The third-order valence-electron chi connectivity index (χ3n) is 2.25. The van der Waals surface area contributed by atoms with Gasteiger partial charge in [-0.1, -0.05) is 19.1 Å². The number of pyridine rings is 1. The third-order valence-corrected chi connectivity index (χ3v) is 2.38. The van der Waals surface area contributed by atoms with E-state index in [9.17, 15) is 4.79 Å². The monoisotopic (exact) mass is 251 g/mol. The van der Waals surface area contributed by atoms with Crippen molar-refractivity contribution >= 4 is 23.1 Å². The van der Waals surface area contributed by atoms with E-state index in [0.29, 0.717) is 23.6 Å². The highest BCUT2D eigenvalue weighted by atomic mass is 32.1. The smallest absolute Gasteiger partial charge is 0.255 e. The maximum Gasteiger partial charge on any atom is 0.255 e. The molecule has 0 spiro atoms. The predicted octanol–water partition coefficient (Wildman–Crippen LogP) is 1.53. The van der Waals surface area contributed by atoms with Crippen LogP contribution in [0.2, 0.25) is 0 Å². The molecular weight excluding hydrogens is 234 g/mol. The molecule has 1 aromatic heterocycles. The Bertz CT molecular complexity index is 420. The lowest BCUT2D eigenvalue weighted by Gasteiger charge is -2.21. The lowest BCUT2D eigenvalue weighted by Crippen LogP contribution is -2.38. The number of hydrogen-bond donors (Lipinski definition) is 1. The molecule has 0 radical (unpaired) electrons. The first-order valence-electron chi connectivity index (χ1n) is 5.53. The molecule has 0 aliphatic carbocycles. The maximum absolute atomic E-state index is 12.2. The van der Waals surface area contributed by atoms with Gasteiger partial charge in [0.15, 0.2) is 0 Å². The van der Waals surface area contributed by atoms with Gasteiger partial charge in [-0.3, -0.25) is 9.78 Å². The number of hydrogen-bond acceptors (Lipinski definition) is 3. The summed E-state index contributed by atoms with van der Waals surface area (Å²) in [4.78, 5) is 18.2. The standard InChI is InChI=1S/C12H17N3OS/c1-3-4-15(8-11(13)17)12(16)10-5-9(2)6-14-7-10/h5-7H,3-4,8H2,1-2H3,(H2,13,17). The van der Waals surface area contributed by atoms with Gasteiger partial charge in [-0.25, -0.2) is 0 Å². The molecule has 1 rings (SSSR count). The summed E-state index contributed by atoms with van der Waals surface area (Å²) >= 11 is 4.85. The van der Waals surface area contributed by atoms with Crippen LogP contribution in [-0.4, -0.2) is 33.9 Å². The molecule has 0 fully saturated rings. The van der Waals surface area contributed by atoms with Crippen LogP contribution in [-0.2, 0) is 0 Å². The lowest BCUT2D eigenvalue weighted by atomic mass is 10.2. The van der Waals surface area contributed by atoms with E-state index in [1.165, 1.54) is 0 Å². The quantitative estimate of drug-likeness (QED) is 0.806. The fourth-order valence-corrected chi connectivity index (χ4v) is 1.72. The molecule has 1 heterocycles. The summed E-state index contributed by atoms with van der Waals surface area (Å²) in [5, 5.41) is 0. The minimum absolute atomic E-state index is 0.0733. The Hall–Kier alpha value is -1.49. The minimum atomic E-state index is -0.0733. The van der Waals surface area contributed by atoms with Gasteiger partial charge in [0.1, 0.15) is 0 Å². The van der Waals surface area contributed by atoms with Crippen LogP contribution in [0.4, 0.5) is 0 Å². The van der Waals surface area contributed by atoms with E-state index in [1.54, 1.807) is 17.3 Å². The van der Waals surface area contributed by atoms with Gasteiger partial charge < -0.3 is 10.6 Å². The molecule has 4 nitrogen and oxygen atoms in total. The Kier molecular flexibility index (Phi) is 5.03. The SMILES string of the molecule is CCCN(CC(N)=S)C(=O)c1cncc(C)c1. The fourth-order valence-electron chi connectivity index (χ4n) is 1.56. The van der Waals surface area contributed by atoms with Crippen molar-refractivity contribution in [3.8, 4) is 0 Å². The molecule has 0 aromatic carbocycles. The second kappa shape index (κ2) is 6.30. The predicted molar refractivity (Wildman–Crippen MR) is 72.0 cm³/mol. The zero-order chi connectivity index (χ0) is 12.8. The van der Waals surface area contributed by atoms with Crippen LogP contribution in [0.25, 0.3) is 0 Å². The van der Waals surface area contributed by atoms with E-state index in [1.807, 2.05) is 19.9 Å². The van der Waals surface area contributed by atoms with E-state index in [0.717, 1.165) is 12.0 Å². The Morgan fingerprint density at radius 1 is 1.53 bits per heavy atom. The van der Waals surface area contributed by atoms with Gasteiger partial charge in [-0.15, -0.1) is 0 Å². The zero-order valence-electron chi connectivity index (χ0n) is 10.1. The minimum Gasteiger partial charge on any atom is -0.392 e. The van der Waals surface area contributed by atoms with Crippen molar-refractivity contribution in [1.82, 2.24) is 9.88 Å². The number of carbonyl (C=O) groups excluding carboxylic acids is 1. The molecule has 0 saturated carbocycles. The van der Waals surface area contributed by atoms with Gasteiger partial charge in [0.2, 0.25) is 0 Å². The van der Waals surface area contributed by atoms with Crippen molar-refractivity contribution in [1.29, 1.82) is 0 Å². The largest absolute Gasteiger partial charge is 0.392 e. The maximum atomic E-state index is 12.2. The Morgan fingerprint density at radius 3 is 2.76 bits per heavy atom. The van der Waals surface area contributed by atoms with Gasteiger partial charge in [0.25, 0.3) is 5.91 Å². The molecular formula is C12H17N3OS. The van der Waals surface area contributed by atoms with Crippen molar-refractivity contribution in [2.24, 2.45) is 5.73 Å². The van der Waals surface area contributed by atoms with Crippen LogP contribution in [0.5, 0.6) is 0 Å². The van der Waals surface area contributed by atoms with E-state index in [2.05, 4.69) is 4.98 Å². The van der Waals surface area contributed by atoms with E-state index in [4.69, 9.17) is 18.0 Å². The van der Waals surface area contributed by atoms with Crippen molar-refractivity contribution in [3.63, 3.8) is 0 Å². The molecule has 2 N–H and O–H groups in total. The topological polar surface area (TPSA) is 59.2 Å². The number of amides is 1. The van der Waals surface area contributed by atoms with Gasteiger partial charge in [0.05, 0.1) is 17.1 Å². The normalized spacial score (nSPS) is 10.0. The van der Waals surface area contributed by atoms with Gasteiger partial charge in [-0.2, -0.15) is 0 Å². The lowest BCUT2D eigenvalue weighted by molar-refractivity contribution is 0.0779. The summed E-state index contributed by atoms with van der Waals surface area (Å²) in [5.41, 5.74) is 7.03. The Labute approximate surface area is 107 Å². The van der Waals surface area contributed by atoms with E-state index < -0.39 is 0 Å². The summed E-state index contributed by atoms with van der Waals surface area (Å²) < 4.78 is 0. The van der Waals surface area contributed by atoms with Crippen LogP contribution in [0, 0.1) is 6.92 Å². The number of nitrogens with zero attached hydrogens (tertiary/aromatic N) is 2.